The van der Waals surface area contributed by atoms with Gasteiger partial charge in [-0.3, -0.25) is 9.79 Å². The van der Waals surface area contributed by atoms with E-state index in [1.807, 2.05) is 39.0 Å². The van der Waals surface area contributed by atoms with Crippen molar-refractivity contribution >= 4 is 22.8 Å². The molecule has 6 heteroatoms. The predicted molar refractivity (Wildman–Crippen MR) is 102 cm³/mol. The van der Waals surface area contributed by atoms with E-state index in [1.54, 1.807) is 7.05 Å². The number of nitrogens with one attached hydrogen (secondary N) is 3. The Hall–Kier alpha value is -2.50. The lowest BCUT2D eigenvalue weighted by molar-refractivity contribution is -0.128. The number of carbonyl (C=O) groups is 1. The fraction of sp³-hybridized carbons (Fsp3) is 0.474. The van der Waals surface area contributed by atoms with Gasteiger partial charge in [0.15, 0.2) is 5.96 Å². The van der Waals surface area contributed by atoms with Gasteiger partial charge in [-0.15, -0.1) is 0 Å². The van der Waals surface area contributed by atoms with Gasteiger partial charge in [-0.1, -0.05) is 39.0 Å². The third-order valence-corrected chi connectivity index (χ3v) is 3.97. The number of para-hydroxylation sites is 1. The summed E-state index contributed by atoms with van der Waals surface area (Å²) in [5.74, 6) is 1.60. The Balaban J connectivity index is 1.82. The molecule has 136 valence electrons. The molecule has 0 aliphatic carbocycles. The lowest BCUT2D eigenvalue weighted by Gasteiger charge is -2.18. The zero-order valence-corrected chi connectivity index (χ0v) is 15.7. The summed E-state index contributed by atoms with van der Waals surface area (Å²) in [5.41, 5.74) is 1.65. The molecular formula is C19H28N4O2. The molecule has 0 fully saturated rings. The smallest absolute Gasteiger partial charge is 0.225 e. The highest BCUT2D eigenvalue weighted by molar-refractivity contribution is 5.83. The molecule has 3 N–H and O–H groups in total. The first-order valence-electron chi connectivity index (χ1n) is 8.52. The van der Waals surface area contributed by atoms with Crippen LogP contribution in [0.1, 0.15) is 32.1 Å². The molecule has 1 amide bonds. The maximum atomic E-state index is 11.8. The predicted octanol–water partition coefficient (Wildman–Crippen LogP) is 2.57. The van der Waals surface area contributed by atoms with Gasteiger partial charge in [0.25, 0.3) is 0 Å². The van der Waals surface area contributed by atoms with Crippen molar-refractivity contribution in [2.24, 2.45) is 10.4 Å². The summed E-state index contributed by atoms with van der Waals surface area (Å²) in [6.45, 7) is 9.43. The summed E-state index contributed by atoms with van der Waals surface area (Å²) in [5, 5.41) is 10.5. The molecule has 1 aromatic heterocycles. The number of rotatable bonds is 5. The van der Waals surface area contributed by atoms with Crippen LogP contribution in [-0.2, 0) is 11.3 Å². The first-order chi connectivity index (χ1) is 11.8. The topological polar surface area (TPSA) is 78.7 Å². The molecule has 25 heavy (non-hydrogen) atoms. The van der Waals surface area contributed by atoms with Crippen molar-refractivity contribution in [1.82, 2.24) is 16.0 Å². The Morgan fingerprint density at radius 1 is 1.12 bits per heavy atom. The summed E-state index contributed by atoms with van der Waals surface area (Å²) in [4.78, 5) is 16.0. The zero-order valence-electron chi connectivity index (χ0n) is 15.7. The van der Waals surface area contributed by atoms with E-state index in [1.165, 1.54) is 0 Å². The average molecular weight is 344 g/mol. The Bertz CT molecular complexity index is 756. The van der Waals surface area contributed by atoms with Gasteiger partial charge in [0.2, 0.25) is 5.91 Å². The van der Waals surface area contributed by atoms with Crippen molar-refractivity contribution < 1.29 is 9.21 Å². The van der Waals surface area contributed by atoms with Crippen molar-refractivity contribution in [1.29, 1.82) is 0 Å². The van der Waals surface area contributed by atoms with Gasteiger partial charge in [0.1, 0.15) is 11.3 Å². The highest BCUT2D eigenvalue weighted by atomic mass is 16.3. The highest BCUT2D eigenvalue weighted by Gasteiger charge is 2.20. The number of amides is 1. The molecule has 2 rings (SSSR count). The van der Waals surface area contributed by atoms with E-state index < -0.39 is 0 Å². The van der Waals surface area contributed by atoms with Crippen molar-refractivity contribution in [3.05, 3.63) is 35.6 Å². The Kier molecular flexibility index (Phi) is 6.07. The second-order valence-electron chi connectivity index (χ2n) is 7.00. The van der Waals surface area contributed by atoms with E-state index in [-0.39, 0.29) is 11.3 Å². The van der Waals surface area contributed by atoms with Crippen molar-refractivity contribution in [3.63, 3.8) is 0 Å². The van der Waals surface area contributed by atoms with Gasteiger partial charge in [0, 0.05) is 36.5 Å². The normalized spacial score (nSPS) is 12.3. The molecule has 0 bridgehead atoms. The van der Waals surface area contributed by atoms with Crippen LogP contribution < -0.4 is 16.0 Å². The largest absolute Gasteiger partial charge is 0.459 e. The fourth-order valence-electron chi connectivity index (χ4n) is 2.40. The molecular weight excluding hydrogens is 316 g/mol. The van der Waals surface area contributed by atoms with Crippen LogP contribution >= 0.6 is 0 Å². The highest BCUT2D eigenvalue weighted by Crippen LogP contribution is 2.24. The molecule has 0 saturated carbocycles. The van der Waals surface area contributed by atoms with Gasteiger partial charge >= 0.3 is 0 Å². The average Bonchev–Trinajstić information content (AvgIpc) is 2.89. The van der Waals surface area contributed by atoms with E-state index in [2.05, 4.69) is 33.9 Å². The number of furan rings is 1. The molecule has 0 unspecified atom stereocenters. The monoisotopic (exact) mass is 344 g/mol. The second-order valence-corrected chi connectivity index (χ2v) is 7.00. The molecule has 6 nitrogen and oxygen atoms in total. The van der Waals surface area contributed by atoms with Crippen LogP contribution in [0.15, 0.2) is 33.7 Å². The third kappa shape index (κ3) is 4.98. The summed E-state index contributed by atoms with van der Waals surface area (Å²) < 4.78 is 5.89. The second kappa shape index (κ2) is 8.05. The van der Waals surface area contributed by atoms with Gasteiger partial charge in [-0.2, -0.15) is 0 Å². The summed E-state index contributed by atoms with van der Waals surface area (Å²) >= 11 is 0. The lowest BCUT2D eigenvalue weighted by atomic mass is 9.96. The number of guanidine groups is 1. The van der Waals surface area contributed by atoms with Gasteiger partial charge < -0.3 is 20.4 Å². The van der Waals surface area contributed by atoms with Crippen molar-refractivity contribution in [2.75, 3.05) is 20.1 Å². The molecule has 2 aromatic rings. The molecule has 0 aliphatic rings. The van der Waals surface area contributed by atoms with Crippen molar-refractivity contribution in [2.45, 2.75) is 34.2 Å². The van der Waals surface area contributed by atoms with Crippen LogP contribution in [0.3, 0.4) is 0 Å². The van der Waals surface area contributed by atoms with E-state index >= 15 is 0 Å². The lowest BCUT2D eigenvalue weighted by Crippen LogP contribution is -2.43. The zero-order chi connectivity index (χ0) is 18.4. The van der Waals surface area contributed by atoms with Crippen LogP contribution in [-0.4, -0.2) is 32.0 Å². The Morgan fingerprint density at radius 3 is 2.44 bits per heavy atom. The molecule has 0 aliphatic heterocycles. The van der Waals surface area contributed by atoms with E-state index in [4.69, 9.17) is 4.42 Å². The van der Waals surface area contributed by atoms with Crippen LogP contribution in [0.2, 0.25) is 0 Å². The molecule has 1 aromatic carbocycles. The van der Waals surface area contributed by atoms with E-state index in [0.717, 1.165) is 22.3 Å². The summed E-state index contributed by atoms with van der Waals surface area (Å²) in [6, 6.07) is 8.00. The minimum absolute atomic E-state index is 0.0372. The number of aliphatic imine (C=N–C) groups is 1. The molecule has 0 saturated heterocycles. The van der Waals surface area contributed by atoms with Gasteiger partial charge in [0.05, 0.1) is 6.54 Å². The number of carbonyl (C=O) groups excluding carboxylic acids is 1. The first-order valence-corrected chi connectivity index (χ1v) is 8.52. The van der Waals surface area contributed by atoms with Gasteiger partial charge in [-0.25, -0.2) is 0 Å². The van der Waals surface area contributed by atoms with Crippen LogP contribution in [0, 0.1) is 12.3 Å². The molecule has 1 heterocycles. The quantitative estimate of drug-likeness (QED) is 0.442. The number of nitrogens with zero attached hydrogens (tertiary/aromatic N) is 1. The van der Waals surface area contributed by atoms with Crippen LogP contribution in [0.25, 0.3) is 11.0 Å². The minimum Gasteiger partial charge on any atom is -0.459 e. The van der Waals surface area contributed by atoms with Gasteiger partial charge in [-0.05, 0) is 13.0 Å². The maximum Gasteiger partial charge on any atom is 0.225 e. The molecule has 0 atom stereocenters. The fourth-order valence-corrected chi connectivity index (χ4v) is 2.40. The molecule has 0 radical (unpaired) electrons. The SMILES string of the molecule is CN=C(NCCNC(=O)C(C)(C)C)NCc1oc2ccccc2c1C. The number of fused-ring (bicyclic) bond motifs is 1. The standard InChI is InChI=1S/C19H28N4O2/c1-13-14-8-6-7-9-15(14)25-16(13)12-23-18(20-5)22-11-10-21-17(24)19(2,3)4/h6-9H,10-12H2,1-5H3,(H,21,24)(H2,20,22,23). The summed E-state index contributed by atoms with van der Waals surface area (Å²) in [6.07, 6.45) is 0. The third-order valence-electron chi connectivity index (χ3n) is 3.97. The van der Waals surface area contributed by atoms with Crippen LogP contribution in [0.4, 0.5) is 0 Å². The number of hydrogen-bond donors (Lipinski definition) is 3. The summed E-state index contributed by atoms with van der Waals surface area (Å²) in [7, 11) is 1.72. The number of benzene rings is 1. The van der Waals surface area contributed by atoms with Crippen LogP contribution in [0.5, 0.6) is 0 Å². The van der Waals surface area contributed by atoms with Crippen molar-refractivity contribution in [3.8, 4) is 0 Å². The Labute approximate surface area is 149 Å². The number of aryl methyl sites for hydroxylation is 1. The van der Waals surface area contributed by atoms with E-state index in [0.29, 0.717) is 25.6 Å². The Morgan fingerprint density at radius 2 is 1.80 bits per heavy atom. The maximum absolute atomic E-state index is 11.8. The minimum atomic E-state index is -0.376. The molecule has 0 spiro atoms. The number of hydrogen-bond acceptors (Lipinski definition) is 3. The van der Waals surface area contributed by atoms with E-state index in [9.17, 15) is 4.79 Å². The first kappa shape index (κ1) is 18.8.